The van der Waals surface area contributed by atoms with Gasteiger partial charge in [0.25, 0.3) is 0 Å². The van der Waals surface area contributed by atoms with Gasteiger partial charge in [0, 0.05) is 103 Å². The van der Waals surface area contributed by atoms with Crippen LogP contribution in [0.3, 0.4) is 0 Å². The summed E-state index contributed by atoms with van der Waals surface area (Å²) >= 11 is 0. The summed E-state index contributed by atoms with van der Waals surface area (Å²) in [5.74, 6) is -0.0262. The Labute approximate surface area is 521 Å². The second-order valence-corrected chi connectivity index (χ2v) is 21.5. The fourth-order valence-electron chi connectivity index (χ4n) is 10.4. The van der Waals surface area contributed by atoms with Gasteiger partial charge in [-0.1, -0.05) is 65.7 Å². The summed E-state index contributed by atoms with van der Waals surface area (Å²) in [5, 5.41) is 19.1. The predicted molar refractivity (Wildman–Crippen MR) is 338 cm³/mol. The quantitative estimate of drug-likeness (QED) is 0.0674. The number of ketones is 1. The lowest BCUT2D eigenvalue weighted by Crippen LogP contribution is -2.29. The summed E-state index contributed by atoms with van der Waals surface area (Å²) in [7, 11) is 6.15. The highest BCUT2D eigenvalue weighted by atomic mass is 19.1. The number of methoxy groups -OCH3 is 4. The van der Waals surface area contributed by atoms with Crippen LogP contribution in [-0.2, 0) is 15.9 Å². The van der Waals surface area contributed by atoms with Gasteiger partial charge in [-0.3, -0.25) is 33.7 Å². The number of aromatic carboxylic acids is 1. The smallest absolute Gasteiger partial charge is 0.360 e. The molecule has 0 radical (unpaired) electrons. The van der Waals surface area contributed by atoms with Crippen LogP contribution in [0.4, 0.5) is 14.5 Å². The zero-order chi connectivity index (χ0) is 64.3. The minimum absolute atomic E-state index is 0.00528. The third-order valence-electron chi connectivity index (χ3n) is 15.4. The zero-order valence-corrected chi connectivity index (χ0v) is 50.7. The zero-order valence-electron chi connectivity index (χ0n) is 50.7. The van der Waals surface area contributed by atoms with Crippen molar-refractivity contribution in [1.29, 1.82) is 0 Å². The number of benzene rings is 6. The van der Waals surface area contributed by atoms with Gasteiger partial charge < -0.3 is 48.7 Å². The third kappa shape index (κ3) is 14.8. The Morgan fingerprint density at radius 1 is 0.538 bits per heavy atom. The van der Waals surface area contributed by atoms with Crippen molar-refractivity contribution >= 4 is 39.2 Å². The number of Topliss-reactive ketones (excluding diaryl/α,β-unsaturated/α-hetero) is 1. The molecule has 2 saturated heterocycles. The SMILES string of the molecule is COc1cc2nccc(Oc3ccc(CC(=O)c4nn(C5CCOCC5)cc(-c5ccc(C)cc5)c4=O)cc3F)c2cc1OC.COc1cc2nccc(Oc3ccc(N)cc3F)c2cc1OC.Cc1ccc(-c2cn(C3CCOCC3)nc(C(=O)O)c2=O)cc1. The first kappa shape index (κ1) is 63.4. The number of aromatic nitrogens is 6. The number of carbonyl (C=O) groups excluding carboxylic acids is 1. The lowest BCUT2D eigenvalue weighted by molar-refractivity contribution is 0.0631. The topological polar surface area (TPSA) is 250 Å². The number of carboxylic acid groups (broad SMARTS) is 1. The van der Waals surface area contributed by atoms with Crippen molar-refractivity contribution in [1.82, 2.24) is 29.5 Å². The maximum absolute atomic E-state index is 15.4. The van der Waals surface area contributed by atoms with E-state index < -0.39 is 39.9 Å². The maximum atomic E-state index is 15.4. The van der Waals surface area contributed by atoms with Gasteiger partial charge in [-0.2, -0.15) is 10.2 Å². The van der Waals surface area contributed by atoms with E-state index in [0.29, 0.717) is 116 Å². The van der Waals surface area contributed by atoms with Crippen LogP contribution >= 0.6 is 0 Å². The van der Waals surface area contributed by atoms with Gasteiger partial charge >= 0.3 is 5.97 Å². The van der Waals surface area contributed by atoms with E-state index in [4.69, 9.17) is 43.6 Å². The number of rotatable bonds is 16. The molecule has 0 bridgehead atoms. The number of nitrogen functional groups attached to an aromatic ring is 1. The molecule has 0 unspecified atom stereocenters. The normalized spacial score (nSPS) is 13.3. The Bertz CT molecular complexity index is 4420. The number of nitrogens with zero attached hydrogens (tertiary/aromatic N) is 6. The molecule has 6 heterocycles. The van der Waals surface area contributed by atoms with Gasteiger partial charge in [-0.15, -0.1) is 0 Å². The molecule has 12 rings (SSSR count). The molecule has 0 spiro atoms. The summed E-state index contributed by atoms with van der Waals surface area (Å²) in [5.41, 5.74) is 10.2. The molecule has 4 aromatic heterocycles. The second kappa shape index (κ2) is 28.7. The molecule has 0 amide bonds. The van der Waals surface area contributed by atoms with Crippen molar-refractivity contribution in [3.63, 3.8) is 0 Å². The number of carbonyl (C=O) groups is 2. The molecule has 468 valence electrons. The van der Waals surface area contributed by atoms with Crippen LogP contribution in [0.1, 0.15) is 75.4 Å². The van der Waals surface area contributed by atoms with Crippen LogP contribution in [-0.4, -0.2) is 101 Å². The van der Waals surface area contributed by atoms with E-state index in [2.05, 4.69) is 20.2 Å². The highest BCUT2D eigenvalue weighted by Gasteiger charge is 2.26. The van der Waals surface area contributed by atoms with E-state index >= 15 is 4.39 Å². The van der Waals surface area contributed by atoms with Gasteiger partial charge in [0.05, 0.1) is 51.6 Å². The molecule has 2 aliphatic heterocycles. The Hall–Kier alpha value is -10.6. The fraction of sp³-hybridized carbons (Fsp3) is 0.246. The monoisotopic (exact) mass is 1240 g/mol. The molecule has 0 aliphatic carbocycles. The molecule has 20 nitrogen and oxygen atoms in total. The largest absolute Gasteiger partial charge is 0.493 e. The third-order valence-corrected chi connectivity index (χ3v) is 15.4. The Kier molecular flexibility index (Phi) is 20.0. The number of pyridine rings is 2. The van der Waals surface area contributed by atoms with E-state index in [9.17, 15) is 28.7 Å². The molecule has 22 heteroatoms. The number of halogens is 2. The fourth-order valence-corrected chi connectivity index (χ4v) is 10.4. The molecular formula is C69H65F2N7O13. The maximum Gasteiger partial charge on any atom is 0.360 e. The first-order valence-corrected chi connectivity index (χ1v) is 29.1. The van der Waals surface area contributed by atoms with Gasteiger partial charge in [0.2, 0.25) is 16.6 Å². The number of hydrogen-bond acceptors (Lipinski definition) is 17. The summed E-state index contributed by atoms with van der Waals surface area (Å²) in [4.78, 5) is 59.6. The molecular weight excluding hydrogens is 1170 g/mol. The average Bonchev–Trinajstić information content (AvgIpc) is 1.05. The van der Waals surface area contributed by atoms with Crippen molar-refractivity contribution in [3.8, 4) is 68.2 Å². The Morgan fingerprint density at radius 3 is 1.38 bits per heavy atom. The number of fused-ring (bicyclic) bond motifs is 2. The highest BCUT2D eigenvalue weighted by molar-refractivity contribution is 5.96. The average molecular weight is 1240 g/mol. The number of aryl methyl sites for hydroxylation is 2. The second-order valence-electron chi connectivity index (χ2n) is 21.5. The summed E-state index contributed by atoms with van der Waals surface area (Å²) < 4.78 is 76.4. The van der Waals surface area contributed by atoms with Crippen LogP contribution in [0.25, 0.3) is 44.1 Å². The van der Waals surface area contributed by atoms with Crippen molar-refractivity contribution in [3.05, 3.63) is 206 Å². The number of anilines is 1. The Balaban J connectivity index is 0.000000166. The number of carboxylic acids is 1. The van der Waals surface area contributed by atoms with Crippen LogP contribution in [0, 0.1) is 25.5 Å². The van der Waals surface area contributed by atoms with Gasteiger partial charge in [0.15, 0.2) is 57.6 Å². The molecule has 2 aliphatic rings. The van der Waals surface area contributed by atoms with E-state index in [1.165, 1.54) is 38.5 Å². The number of ether oxygens (including phenoxy) is 8. The van der Waals surface area contributed by atoms with Gasteiger partial charge in [0.1, 0.15) is 11.5 Å². The standard InChI is InChI=1S/C35H32FN3O6.C17H15FN2O3.C17H18N2O4/c1-21-4-7-23(8-5-21)26-20-39(24-11-14-44-15-12-24)38-34(35(26)41)29(40)17-22-6-9-31(27(36)16-22)45-30-10-13-37-28-19-33(43-3)32(42-2)18-25(28)30;1-21-16-8-11-13(9-17(16)22-2)20-6-5-14(11)23-15-4-3-10(19)7-12(15)18;1-11-2-4-12(5-3-11)14-10-19(13-6-8-23-9-7-13)18-15(16(14)20)17(21)22/h4-10,13,16,18-20,24H,11-12,14-15,17H2,1-3H3;3-9H,19H2,1-2H3;2-5,10,13H,6-9H2,1H3,(H,21,22). The van der Waals surface area contributed by atoms with Gasteiger partial charge in [-0.25, -0.2) is 13.6 Å². The predicted octanol–water partition coefficient (Wildman–Crippen LogP) is 12.5. The summed E-state index contributed by atoms with van der Waals surface area (Å²) in [6, 6.07) is 33.8. The first-order chi connectivity index (χ1) is 44.0. The van der Waals surface area contributed by atoms with Crippen LogP contribution < -0.4 is 45.0 Å². The molecule has 0 atom stereocenters. The van der Waals surface area contributed by atoms with Crippen molar-refractivity contribution in [2.45, 2.75) is 58.0 Å². The first-order valence-electron chi connectivity index (χ1n) is 29.1. The molecule has 91 heavy (non-hydrogen) atoms. The van der Waals surface area contributed by atoms with Crippen LogP contribution in [0.15, 0.2) is 156 Å². The minimum Gasteiger partial charge on any atom is -0.493 e. The molecule has 6 aromatic carbocycles. The van der Waals surface area contributed by atoms with Gasteiger partial charge in [-0.05, 0) is 105 Å². The molecule has 10 aromatic rings. The van der Waals surface area contributed by atoms with Crippen molar-refractivity contribution in [2.75, 3.05) is 60.6 Å². The van der Waals surface area contributed by atoms with Crippen molar-refractivity contribution < 1.29 is 61.4 Å². The molecule has 2 fully saturated rings. The van der Waals surface area contributed by atoms with E-state index in [0.717, 1.165) is 36.8 Å². The van der Waals surface area contributed by atoms with Crippen LogP contribution in [0.2, 0.25) is 0 Å². The summed E-state index contributed by atoms with van der Waals surface area (Å²) in [6.07, 6.45) is 9.26. The van der Waals surface area contributed by atoms with Crippen molar-refractivity contribution in [2.24, 2.45) is 0 Å². The number of hydrogen-bond donors (Lipinski definition) is 2. The van der Waals surface area contributed by atoms with E-state index in [1.54, 1.807) is 96.9 Å². The van der Waals surface area contributed by atoms with E-state index in [1.807, 2.05) is 62.4 Å². The highest BCUT2D eigenvalue weighted by Crippen LogP contribution is 2.40. The number of nitrogens with two attached hydrogens (primary N) is 1. The summed E-state index contributed by atoms with van der Waals surface area (Å²) in [6.45, 7) is 6.30. The minimum atomic E-state index is -1.30. The van der Waals surface area contributed by atoms with E-state index in [-0.39, 0.29) is 35.7 Å². The Morgan fingerprint density at radius 2 is 0.956 bits per heavy atom. The molecule has 3 N–H and O–H groups in total. The molecule has 0 saturated carbocycles. The van der Waals surface area contributed by atoms with Crippen LogP contribution in [0.5, 0.6) is 46.0 Å². The lowest BCUT2D eigenvalue weighted by atomic mass is 10.0. The lowest BCUT2D eigenvalue weighted by Gasteiger charge is -2.24.